The van der Waals surface area contributed by atoms with Crippen molar-refractivity contribution < 1.29 is 9.69 Å². The fourth-order valence-electron chi connectivity index (χ4n) is 3.27. The minimum Gasteiger partial charge on any atom is -0.360 e. The van der Waals surface area contributed by atoms with Crippen LogP contribution in [-0.4, -0.2) is 38.6 Å². The number of nitrogens with zero attached hydrogens (tertiary/aromatic N) is 1. The molecule has 0 spiro atoms. The van der Waals surface area contributed by atoms with Crippen molar-refractivity contribution in [1.82, 2.24) is 0 Å². The van der Waals surface area contributed by atoms with Gasteiger partial charge in [0.05, 0.1) is 26.2 Å². The number of carbonyl (C=O) groups excluding carboxylic acids is 1. The maximum atomic E-state index is 12.2. The SMILES string of the molecule is Cc1cccc(N2CC[NH+](CC(=O)Nc3ccccc3)CC2)c1C. The van der Waals surface area contributed by atoms with Crippen molar-refractivity contribution in [2.75, 3.05) is 42.9 Å². The van der Waals surface area contributed by atoms with Gasteiger partial charge in [-0.3, -0.25) is 4.79 Å². The number of hydrogen-bond donors (Lipinski definition) is 2. The number of para-hydroxylation sites is 1. The third-order valence-electron chi connectivity index (χ3n) is 4.86. The van der Waals surface area contributed by atoms with Crippen LogP contribution < -0.4 is 15.1 Å². The Morgan fingerprint density at radius 2 is 1.75 bits per heavy atom. The highest BCUT2D eigenvalue weighted by Crippen LogP contribution is 2.22. The number of aryl methyl sites for hydroxylation is 1. The molecule has 0 aromatic heterocycles. The first-order valence-electron chi connectivity index (χ1n) is 8.63. The van der Waals surface area contributed by atoms with E-state index < -0.39 is 0 Å². The topological polar surface area (TPSA) is 36.8 Å². The molecule has 0 aliphatic carbocycles. The summed E-state index contributed by atoms with van der Waals surface area (Å²) in [4.78, 5) is 16.0. The van der Waals surface area contributed by atoms with Crippen molar-refractivity contribution in [2.45, 2.75) is 13.8 Å². The van der Waals surface area contributed by atoms with Crippen LogP contribution in [0.25, 0.3) is 0 Å². The molecule has 1 saturated heterocycles. The van der Waals surface area contributed by atoms with Gasteiger partial charge in [0.1, 0.15) is 0 Å². The molecule has 1 fully saturated rings. The van der Waals surface area contributed by atoms with E-state index in [1.165, 1.54) is 21.7 Å². The van der Waals surface area contributed by atoms with Crippen molar-refractivity contribution in [1.29, 1.82) is 0 Å². The zero-order chi connectivity index (χ0) is 16.9. The van der Waals surface area contributed by atoms with E-state index in [0.29, 0.717) is 6.54 Å². The molecule has 1 aliphatic rings. The zero-order valence-electron chi connectivity index (χ0n) is 14.5. The maximum Gasteiger partial charge on any atom is 0.279 e. The van der Waals surface area contributed by atoms with E-state index in [-0.39, 0.29) is 5.91 Å². The van der Waals surface area contributed by atoms with Gasteiger partial charge in [0.25, 0.3) is 5.91 Å². The van der Waals surface area contributed by atoms with Crippen LogP contribution in [-0.2, 0) is 4.79 Å². The number of hydrogen-bond acceptors (Lipinski definition) is 2. The molecular formula is C20H26N3O+. The van der Waals surface area contributed by atoms with Crippen molar-refractivity contribution in [2.24, 2.45) is 0 Å². The highest BCUT2D eigenvalue weighted by atomic mass is 16.2. The van der Waals surface area contributed by atoms with E-state index in [4.69, 9.17) is 0 Å². The molecule has 24 heavy (non-hydrogen) atoms. The van der Waals surface area contributed by atoms with Gasteiger partial charge in [-0.25, -0.2) is 0 Å². The number of piperazine rings is 1. The van der Waals surface area contributed by atoms with Crippen LogP contribution in [0.5, 0.6) is 0 Å². The van der Waals surface area contributed by atoms with Crippen LogP contribution in [0, 0.1) is 13.8 Å². The molecule has 0 unspecified atom stereocenters. The van der Waals surface area contributed by atoms with Gasteiger partial charge in [-0.2, -0.15) is 0 Å². The normalized spacial score (nSPS) is 15.3. The Balaban J connectivity index is 1.52. The highest BCUT2D eigenvalue weighted by Gasteiger charge is 2.23. The lowest BCUT2D eigenvalue weighted by molar-refractivity contribution is -0.892. The van der Waals surface area contributed by atoms with Gasteiger partial charge in [0.2, 0.25) is 0 Å². The second-order valence-electron chi connectivity index (χ2n) is 6.55. The summed E-state index contributed by atoms with van der Waals surface area (Å²) in [6.07, 6.45) is 0. The van der Waals surface area contributed by atoms with Gasteiger partial charge in [-0.15, -0.1) is 0 Å². The number of amides is 1. The summed E-state index contributed by atoms with van der Waals surface area (Å²) in [6.45, 7) is 8.88. The molecule has 2 aromatic rings. The molecule has 2 N–H and O–H groups in total. The Kier molecular flexibility index (Phi) is 5.16. The van der Waals surface area contributed by atoms with E-state index in [0.717, 1.165) is 31.9 Å². The Bertz CT molecular complexity index is 691. The van der Waals surface area contributed by atoms with Crippen LogP contribution in [0.15, 0.2) is 48.5 Å². The lowest BCUT2D eigenvalue weighted by Gasteiger charge is -2.34. The lowest BCUT2D eigenvalue weighted by Crippen LogP contribution is -3.15. The summed E-state index contributed by atoms with van der Waals surface area (Å²) in [5.74, 6) is 0.0939. The van der Waals surface area contributed by atoms with Crippen molar-refractivity contribution >= 4 is 17.3 Å². The molecule has 4 nitrogen and oxygen atoms in total. The van der Waals surface area contributed by atoms with Crippen LogP contribution >= 0.6 is 0 Å². The van der Waals surface area contributed by atoms with Crippen LogP contribution in [0.3, 0.4) is 0 Å². The van der Waals surface area contributed by atoms with Crippen LogP contribution in [0.2, 0.25) is 0 Å². The van der Waals surface area contributed by atoms with E-state index in [2.05, 4.69) is 42.3 Å². The summed E-state index contributed by atoms with van der Waals surface area (Å²) < 4.78 is 0. The summed E-state index contributed by atoms with van der Waals surface area (Å²) in [5, 5.41) is 2.98. The van der Waals surface area contributed by atoms with Gasteiger partial charge < -0.3 is 15.1 Å². The van der Waals surface area contributed by atoms with Gasteiger partial charge in [-0.05, 0) is 43.2 Å². The van der Waals surface area contributed by atoms with E-state index in [9.17, 15) is 4.79 Å². The zero-order valence-corrected chi connectivity index (χ0v) is 14.5. The smallest absolute Gasteiger partial charge is 0.279 e. The first-order chi connectivity index (χ1) is 11.6. The van der Waals surface area contributed by atoms with Crippen molar-refractivity contribution in [3.63, 3.8) is 0 Å². The molecule has 2 aromatic carbocycles. The number of nitrogens with one attached hydrogen (secondary N) is 2. The summed E-state index contributed by atoms with van der Waals surface area (Å²) in [7, 11) is 0. The van der Waals surface area contributed by atoms with E-state index in [1.54, 1.807) is 0 Å². The minimum atomic E-state index is 0.0939. The molecule has 1 heterocycles. The number of rotatable bonds is 4. The van der Waals surface area contributed by atoms with Gasteiger partial charge >= 0.3 is 0 Å². The second-order valence-corrected chi connectivity index (χ2v) is 6.55. The summed E-state index contributed by atoms with van der Waals surface area (Å²) >= 11 is 0. The molecule has 1 amide bonds. The molecule has 0 atom stereocenters. The molecule has 126 valence electrons. The first kappa shape index (κ1) is 16.5. The molecule has 3 rings (SSSR count). The van der Waals surface area contributed by atoms with Gasteiger partial charge in [0, 0.05) is 11.4 Å². The Hall–Kier alpha value is -2.33. The molecule has 0 bridgehead atoms. The van der Waals surface area contributed by atoms with Gasteiger partial charge in [-0.1, -0.05) is 30.3 Å². The van der Waals surface area contributed by atoms with Crippen molar-refractivity contribution in [3.8, 4) is 0 Å². The predicted molar refractivity (Wildman–Crippen MR) is 98.8 cm³/mol. The minimum absolute atomic E-state index is 0.0939. The number of carbonyl (C=O) groups is 1. The average molecular weight is 324 g/mol. The third kappa shape index (κ3) is 3.95. The highest BCUT2D eigenvalue weighted by molar-refractivity contribution is 5.91. The average Bonchev–Trinajstić information content (AvgIpc) is 2.59. The van der Waals surface area contributed by atoms with Crippen LogP contribution in [0.1, 0.15) is 11.1 Å². The fraction of sp³-hybridized carbons (Fsp3) is 0.350. The molecule has 0 radical (unpaired) electrons. The molecule has 4 heteroatoms. The van der Waals surface area contributed by atoms with Crippen LogP contribution in [0.4, 0.5) is 11.4 Å². The van der Waals surface area contributed by atoms with E-state index >= 15 is 0 Å². The van der Waals surface area contributed by atoms with Gasteiger partial charge in [0.15, 0.2) is 6.54 Å². The number of benzene rings is 2. The van der Waals surface area contributed by atoms with Crippen molar-refractivity contribution in [3.05, 3.63) is 59.7 Å². The van der Waals surface area contributed by atoms with E-state index in [1.807, 2.05) is 30.3 Å². The molecule has 0 saturated carbocycles. The number of quaternary nitrogens is 1. The molecular weight excluding hydrogens is 298 g/mol. The Morgan fingerprint density at radius 1 is 1.04 bits per heavy atom. The third-order valence-corrected chi connectivity index (χ3v) is 4.86. The summed E-state index contributed by atoms with van der Waals surface area (Å²) in [6, 6.07) is 16.2. The maximum absolute atomic E-state index is 12.2. The first-order valence-corrected chi connectivity index (χ1v) is 8.63. The Morgan fingerprint density at radius 3 is 2.46 bits per heavy atom. The fourth-order valence-corrected chi connectivity index (χ4v) is 3.27. The Labute approximate surface area is 144 Å². The number of anilines is 2. The standard InChI is InChI=1S/C20H25N3O/c1-16-7-6-10-19(17(16)2)23-13-11-22(12-14-23)15-20(24)21-18-8-4-3-5-9-18/h3-10H,11-15H2,1-2H3,(H,21,24)/p+1. The quantitative estimate of drug-likeness (QED) is 0.897. The monoisotopic (exact) mass is 324 g/mol. The predicted octanol–water partition coefficient (Wildman–Crippen LogP) is 1.65. The lowest BCUT2D eigenvalue weighted by atomic mass is 10.1. The second kappa shape index (κ2) is 7.49. The summed E-state index contributed by atoms with van der Waals surface area (Å²) in [5.41, 5.74) is 4.91. The molecule has 1 aliphatic heterocycles. The largest absolute Gasteiger partial charge is 0.360 e.